The van der Waals surface area contributed by atoms with Gasteiger partial charge >= 0.3 is 0 Å². The van der Waals surface area contributed by atoms with Gasteiger partial charge in [0.1, 0.15) is 11.5 Å². The molecule has 3 heterocycles. The monoisotopic (exact) mass is 362 g/mol. The summed E-state index contributed by atoms with van der Waals surface area (Å²) in [6.07, 6.45) is 0.316. The Hall–Kier alpha value is -2.19. The molecule has 1 unspecified atom stereocenters. The molecule has 0 saturated heterocycles. The van der Waals surface area contributed by atoms with Gasteiger partial charge in [0.15, 0.2) is 10.6 Å². The number of carbonyl (C=O) groups is 1. The molecular weight excluding hydrogens is 344 g/mol. The number of hydrogen-bond acceptors (Lipinski definition) is 5. The van der Waals surface area contributed by atoms with Crippen LogP contribution >= 0.6 is 23.6 Å². The Morgan fingerprint density at radius 2 is 2.33 bits per heavy atom. The second-order valence-electron chi connectivity index (χ2n) is 5.47. The number of nitrogens with zero attached hydrogens (tertiary/aromatic N) is 2. The normalized spacial score (nSPS) is 12.2. The molecule has 0 fully saturated rings. The predicted molar refractivity (Wildman–Crippen MR) is 95.3 cm³/mol. The van der Waals surface area contributed by atoms with Gasteiger partial charge in [0.2, 0.25) is 5.91 Å². The first-order valence-corrected chi connectivity index (χ1v) is 8.88. The zero-order chi connectivity index (χ0) is 17.1. The summed E-state index contributed by atoms with van der Waals surface area (Å²) in [7, 11) is 0. The van der Waals surface area contributed by atoms with E-state index < -0.39 is 0 Å². The number of carbonyl (C=O) groups excluding carboxylic acids is 1. The van der Waals surface area contributed by atoms with Crippen LogP contribution in [0.5, 0.6) is 0 Å². The number of amides is 1. The van der Waals surface area contributed by atoms with Gasteiger partial charge in [-0.25, -0.2) is 0 Å². The molecule has 1 atom stereocenters. The van der Waals surface area contributed by atoms with E-state index in [1.165, 1.54) is 0 Å². The van der Waals surface area contributed by atoms with Crippen molar-refractivity contribution in [3.05, 3.63) is 45.9 Å². The van der Waals surface area contributed by atoms with Gasteiger partial charge in [-0.2, -0.15) is 5.10 Å². The fourth-order valence-corrected chi connectivity index (χ4v) is 3.35. The molecule has 1 amide bonds. The molecule has 0 bridgehead atoms. The Bertz CT molecular complexity index is 876. The summed E-state index contributed by atoms with van der Waals surface area (Å²) in [5.74, 6) is 2.28. The molecule has 0 aromatic carbocycles. The van der Waals surface area contributed by atoms with E-state index in [9.17, 15) is 4.79 Å². The minimum atomic E-state index is -0.166. The maximum Gasteiger partial charge on any atom is 0.222 e. The van der Waals surface area contributed by atoms with Crippen LogP contribution in [-0.4, -0.2) is 20.7 Å². The molecule has 24 heavy (non-hydrogen) atoms. The van der Waals surface area contributed by atoms with E-state index in [2.05, 4.69) is 15.5 Å². The van der Waals surface area contributed by atoms with Gasteiger partial charge in [0, 0.05) is 13.0 Å². The number of nitrogens with one attached hydrogen (secondary N) is 2. The van der Waals surface area contributed by atoms with Crippen LogP contribution < -0.4 is 5.32 Å². The number of aryl methyl sites for hydroxylation is 1. The van der Waals surface area contributed by atoms with E-state index in [1.54, 1.807) is 11.3 Å². The number of aromatic amines is 1. The van der Waals surface area contributed by atoms with E-state index in [0.717, 1.165) is 22.2 Å². The van der Waals surface area contributed by atoms with Crippen molar-refractivity contribution in [2.45, 2.75) is 32.9 Å². The Labute approximate surface area is 148 Å². The lowest BCUT2D eigenvalue weighted by Crippen LogP contribution is -2.27. The fraction of sp³-hybridized carbons (Fsp3) is 0.312. The Kier molecular flexibility index (Phi) is 4.96. The molecule has 0 aliphatic rings. The Morgan fingerprint density at radius 1 is 1.50 bits per heavy atom. The minimum absolute atomic E-state index is 0.0585. The van der Waals surface area contributed by atoms with E-state index in [4.69, 9.17) is 16.6 Å². The van der Waals surface area contributed by atoms with Crippen LogP contribution in [0.2, 0.25) is 0 Å². The van der Waals surface area contributed by atoms with Crippen molar-refractivity contribution in [1.82, 2.24) is 20.1 Å². The topological polar surface area (TPSA) is 75.8 Å². The van der Waals surface area contributed by atoms with Gasteiger partial charge in [-0.3, -0.25) is 14.5 Å². The SMILES string of the molecule is Cc1ccc(C(C)NC(=O)CCn2c(-c3cccs3)n[nH]c2=S)o1. The maximum absolute atomic E-state index is 12.2. The zero-order valence-corrected chi connectivity index (χ0v) is 15.0. The quantitative estimate of drug-likeness (QED) is 0.653. The van der Waals surface area contributed by atoms with E-state index in [1.807, 2.05) is 48.1 Å². The van der Waals surface area contributed by atoms with Crippen LogP contribution in [0.3, 0.4) is 0 Å². The molecule has 0 saturated carbocycles. The minimum Gasteiger partial charge on any atom is -0.464 e. The van der Waals surface area contributed by atoms with Gasteiger partial charge in [-0.1, -0.05) is 6.07 Å². The lowest BCUT2D eigenvalue weighted by Gasteiger charge is -2.12. The number of thiophene rings is 1. The lowest BCUT2D eigenvalue weighted by atomic mass is 10.2. The third-order valence-corrected chi connectivity index (χ3v) is 4.81. The summed E-state index contributed by atoms with van der Waals surface area (Å²) >= 11 is 6.85. The first-order chi connectivity index (χ1) is 11.5. The lowest BCUT2D eigenvalue weighted by molar-refractivity contribution is -0.122. The number of furan rings is 1. The molecule has 3 aromatic heterocycles. The molecular formula is C16H18N4O2S2. The van der Waals surface area contributed by atoms with Gasteiger partial charge in [0.05, 0.1) is 10.9 Å². The van der Waals surface area contributed by atoms with Crippen molar-refractivity contribution >= 4 is 29.5 Å². The summed E-state index contributed by atoms with van der Waals surface area (Å²) in [6, 6.07) is 7.53. The molecule has 2 N–H and O–H groups in total. The van der Waals surface area contributed by atoms with E-state index >= 15 is 0 Å². The average molecular weight is 362 g/mol. The third kappa shape index (κ3) is 3.65. The first kappa shape index (κ1) is 16.7. The number of aromatic nitrogens is 3. The van der Waals surface area contributed by atoms with Gasteiger partial charge < -0.3 is 9.73 Å². The van der Waals surface area contributed by atoms with E-state index in [0.29, 0.717) is 17.7 Å². The van der Waals surface area contributed by atoms with Crippen LogP contribution in [0.4, 0.5) is 0 Å². The molecule has 8 heteroatoms. The highest BCUT2D eigenvalue weighted by Gasteiger charge is 2.15. The first-order valence-electron chi connectivity index (χ1n) is 7.59. The van der Waals surface area contributed by atoms with Crippen molar-refractivity contribution in [2.75, 3.05) is 0 Å². The summed E-state index contributed by atoms with van der Waals surface area (Å²) in [6.45, 7) is 4.25. The highest BCUT2D eigenvalue weighted by atomic mass is 32.1. The van der Waals surface area contributed by atoms with Crippen molar-refractivity contribution in [2.24, 2.45) is 0 Å². The maximum atomic E-state index is 12.2. The van der Waals surface area contributed by atoms with Gasteiger partial charge in [0.25, 0.3) is 0 Å². The summed E-state index contributed by atoms with van der Waals surface area (Å²) in [5, 5.41) is 12.0. The van der Waals surface area contributed by atoms with Crippen LogP contribution in [-0.2, 0) is 11.3 Å². The third-order valence-electron chi connectivity index (χ3n) is 3.63. The molecule has 0 aliphatic heterocycles. The standard InChI is InChI=1S/C16H18N4O2S2/c1-10-5-6-12(22-10)11(2)17-14(21)7-8-20-15(18-19-16(20)23)13-4-3-9-24-13/h3-6,9,11H,7-8H2,1-2H3,(H,17,21)(H,19,23). The largest absolute Gasteiger partial charge is 0.464 e. The van der Waals surface area contributed by atoms with E-state index in [-0.39, 0.29) is 11.9 Å². The second kappa shape index (κ2) is 7.14. The van der Waals surface area contributed by atoms with Crippen molar-refractivity contribution in [1.29, 1.82) is 0 Å². The second-order valence-corrected chi connectivity index (χ2v) is 6.80. The van der Waals surface area contributed by atoms with Crippen LogP contribution in [0.1, 0.15) is 30.9 Å². The molecule has 6 nitrogen and oxygen atoms in total. The number of rotatable bonds is 6. The van der Waals surface area contributed by atoms with Gasteiger partial charge in [-0.15, -0.1) is 11.3 Å². The fourth-order valence-electron chi connectivity index (χ4n) is 2.40. The molecule has 0 radical (unpaired) electrons. The highest BCUT2D eigenvalue weighted by molar-refractivity contribution is 7.71. The zero-order valence-electron chi connectivity index (χ0n) is 13.4. The van der Waals surface area contributed by atoms with Crippen LogP contribution in [0.25, 0.3) is 10.7 Å². The Balaban J connectivity index is 1.63. The molecule has 0 spiro atoms. The van der Waals surface area contributed by atoms with Crippen LogP contribution in [0.15, 0.2) is 34.1 Å². The van der Waals surface area contributed by atoms with Crippen molar-refractivity contribution in [3.8, 4) is 10.7 Å². The summed E-state index contributed by atoms with van der Waals surface area (Å²) < 4.78 is 7.90. The van der Waals surface area contributed by atoms with Gasteiger partial charge in [-0.05, 0) is 49.6 Å². The van der Waals surface area contributed by atoms with Crippen molar-refractivity contribution in [3.63, 3.8) is 0 Å². The molecule has 126 valence electrons. The molecule has 0 aliphatic carbocycles. The average Bonchev–Trinajstić information content (AvgIpc) is 3.26. The predicted octanol–water partition coefficient (Wildman–Crippen LogP) is 3.84. The Morgan fingerprint density at radius 3 is 3.00 bits per heavy atom. The highest BCUT2D eigenvalue weighted by Crippen LogP contribution is 2.23. The number of hydrogen-bond donors (Lipinski definition) is 2. The smallest absolute Gasteiger partial charge is 0.222 e. The summed E-state index contributed by atoms with van der Waals surface area (Å²) in [5.41, 5.74) is 0. The molecule has 3 aromatic rings. The summed E-state index contributed by atoms with van der Waals surface area (Å²) in [4.78, 5) is 13.2. The molecule has 3 rings (SSSR count). The van der Waals surface area contributed by atoms with Crippen LogP contribution in [0, 0.1) is 11.7 Å². The van der Waals surface area contributed by atoms with Crippen molar-refractivity contribution < 1.29 is 9.21 Å². The number of H-pyrrole nitrogens is 1.